The Kier molecular flexibility index (Phi) is 4.44. The van der Waals surface area contributed by atoms with E-state index in [9.17, 15) is 4.79 Å². The fourth-order valence-electron chi connectivity index (χ4n) is 3.02. The molecule has 9 nitrogen and oxygen atoms in total. The molecule has 1 N–H and O–H groups in total. The first-order valence-corrected chi connectivity index (χ1v) is 8.24. The van der Waals surface area contributed by atoms with E-state index in [1.54, 1.807) is 6.20 Å². The second-order valence-corrected chi connectivity index (χ2v) is 5.93. The Morgan fingerprint density at radius 3 is 2.77 bits per heavy atom. The topological polar surface area (TPSA) is 112 Å². The Morgan fingerprint density at radius 2 is 2.04 bits per heavy atom. The molecule has 0 atom stereocenters. The average molecular weight is 355 g/mol. The van der Waals surface area contributed by atoms with Crippen LogP contribution in [0, 0.1) is 0 Å². The van der Waals surface area contributed by atoms with Crippen molar-refractivity contribution in [2.45, 2.75) is 18.8 Å². The lowest BCUT2D eigenvalue weighted by Gasteiger charge is -2.23. The standard InChI is InChI=1S/C17H17N5O4/c1-24-17-15-14(12(7-19-17)10-2-4-25-5-3-10)18-8-13(21-15)22-16(23)11-6-20-26-9-11/h6-10H,2-5H2,1H3,(H,21,22,23). The summed E-state index contributed by atoms with van der Waals surface area (Å²) in [5.74, 6) is 0.598. The van der Waals surface area contributed by atoms with Gasteiger partial charge in [-0.05, 0) is 18.8 Å². The molecule has 4 rings (SSSR count). The molecule has 0 aromatic carbocycles. The number of methoxy groups -OCH3 is 1. The van der Waals surface area contributed by atoms with Crippen LogP contribution in [0.1, 0.15) is 34.7 Å². The number of rotatable bonds is 4. The second-order valence-electron chi connectivity index (χ2n) is 5.93. The van der Waals surface area contributed by atoms with Gasteiger partial charge in [0.15, 0.2) is 11.3 Å². The predicted molar refractivity (Wildman–Crippen MR) is 91.1 cm³/mol. The molecular formula is C17H17N5O4. The van der Waals surface area contributed by atoms with Gasteiger partial charge in [0.1, 0.15) is 6.26 Å². The molecule has 3 aromatic heterocycles. The van der Waals surface area contributed by atoms with Gasteiger partial charge in [0.05, 0.1) is 30.6 Å². The van der Waals surface area contributed by atoms with Crippen LogP contribution in [0.3, 0.4) is 0 Å². The lowest BCUT2D eigenvalue weighted by molar-refractivity contribution is 0.0855. The number of pyridine rings is 1. The molecule has 3 aromatic rings. The van der Waals surface area contributed by atoms with E-state index in [0.717, 1.165) is 37.1 Å². The largest absolute Gasteiger partial charge is 0.479 e. The number of anilines is 1. The summed E-state index contributed by atoms with van der Waals surface area (Å²) in [7, 11) is 1.53. The number of hydrogen-bond acceptors (Lipinski definition) is 8. The summed E-state index contributed by atoms with van der Waals surface area (Å²) >= 11 is 0. The molecule has 0 saturated carbocycles. The molecule has 1 amide bonds. The van der Waals surface area contributed by atoms with Crippen molar-refractivity contribution in [1.29, 1.82) is 0 Å². The summed E-state index contributed by atoms with van der Waals surface area (Å²) < 4.78 is 15.4. The van der Waals surface area contributed by atoms with Crippen molar-refractivity contribution in [3.8, 4) is 5.88 Å². The van der Waals surface area contributed by atoms with E-state index in [2.05, 4.69) is 29.9 Å². The molecule has 1 aliphatic rings. The van der Waals surface area contributed by atoms with Crippen LogP contribution < -0.4 is 10.1 Å². The summed E-state index contributed by atoms with van der Waals surface area (Å²) in [6.07, 6.45) is 7.73. The number of nitrogens with one attached hydrogen (secondary N) is 1. The van der Waals surface area contributed by atoms with Gasteiger partial charge in [0.25, 0.3) is 5.91 Å². The molecular weight excluding hydrogens is 338 g/mol. The Balaban J connectivity index is 1.70. The van der Waals surface area contributed by atoms with E-state index < -0.39 is 0 Å². The predicted octanol–water partition coefficient (Wildman–Crippen LogP) is 2.17. The highest BCUT2D eigenvalue weighted by Crippen LogP contribution is 2.33. The lowest BCUT2D eigenvalue weighted by atomic mass is 9.92. The first-order chi connectivity index (χ1) is 12.8. The van der Waals surface area contributed by atoms with Crippen LogP contribution in [-0.4, -0.2) is 46.3 Å². The third-order valence-corrected chi connectivity index (χ3v) is 4.36. The van der Waals surface area contributed by atoms with Crippen molar-refractivity contribution in [2.24, 2.45) is 0 Å². The third-order valence-electron chi connectivity index (χ3n) is 4.36. The van der Waals surface area contributed by atoms with E-state index in [1.165, 1.54) is 25.8 Å². The average Bonchev–Trinajstić information content (AvgIpc) is 3.23. The van der Waals surface area contributed by atoms with Gasteiger partial charge in [-0.25, -0.2) is 9.97 Å². The molecule has 0 aliphatic carbocycles. The number of amides is 1. The van der Waals surface area contributed by atoms with Gasteiger partial charge < -0.3 is 19.3 Å². The molecule has 0 spiro atoms. The zero-order valence-electron chi connectivity index (χ0n) is 14.1. The maximum atomic E-state index is 12.1. The number of hydrogen-bond donors (Lipinski definition) is 1. The minimum absolute atomic E-state index is 0.299. The van der Waals surface area contributed by atoms with Crippen LogP contribution >= 0.6 is 0 Å². The van der Waals surface area contributed by atoms with E-state index in [4.69, 9.17) is 9.47 Å². The lowest BCUT2D eigenvalue weighted by Crippen LogP contribution is -2.16. The molecule has 1 fully saturated rings. The number of fused-ring (bicyclic) bond motifs is 1. The Labute approximate surface area is 148 Å². The number of carbonyl (C=O) groups is 1. The van der Waals surface area contributed by atoms with Gasteiger partial charge in [-0.3, -0.25) is 9.78 Å². The van der Waals surface area contributed by atoms with Crippen molar-refractivity contribution >= 4 is 22.8 Å². The van der Waals surface area contributed by atoms with Gasteiger partial charge in [-0.2, -0.15) is 0 Å². The number of aromatic nitrogens is 4. The van der Waals surface area contributed by atoms with Crippen LogP contribution in [-0.2, 0) is 4.74 Å². The fraction of sp³-hybridized carbons (Fsp3) is 0.353. The fourth-order valence-corrected chi connectivity index (χ4v) is 3.02. The van der Waals surface area contributed by atoms with Crippen molar-refractivity contribution in [3.05, 3.63) is 36.0 Å². The molecule has 9 heteroatoms. The maximum Gasteiger partial charge on any atom is 0.261 e. The van der Waals surface area contributed by atoms with Crippen molar-refractivity contribution in [3.63, 3.8) is 0 Å². The summed E-state index contributed by atoms with van der Waals surface area (Å²) in [5, 5.41) is 6.18. The summed E-state index contributed by atoms with van der Waals surface area (Å²) in [5.41, 5.74) is 2.56. The van der Waals surface area contributed by atoms with Crippen LogP contribution in [0.25, 0.3) is 11.0 Å². The molecule has 26 heavy (non-hydrogen) atoms. The number of nitrogens with zero attached hydrogens (tertiary/aromatic N) is 4. The normalized spacial score (nSPS) is 15.1. The minimum atomic E-state index is -0.382. The first-order valence-electron chi connectivity index (χ1n) is 8.24. The van der Waals surface area contributed by atoms with Crippen LogP contribution in [0.4, 0.5) is 5.82 Å². The minimum Gasteiger partial charge on any atom is -0.479 e. The monoisotopic (exact) mass is 355 g/mol. The number of carbonyl (C=O) groups excluding carboxylic acids is 1. The molecule has 0 radical (unpaired) electrons. The van der Waals surface area contributed by atoms with Gasteiger partial charge in [-0.15, -0.1) is 0 Å². The van der Waals surface area contributed by atoms with Crippen molar-refractivity contribution in [2.75, 3.05) is 25.6 Å². The molecule has 1 aliphatic heterocycles. The maximum absolute atomic E-state index is 12.1. The van der Waals surface area contributed by atoms with Gasteiger partial charge in [0.2, 0.25) is 5.88 Å². The summed E-state index contributed by atoms with van der Waals surface area (Å²) in [6.45, 7) is 1.44. The summed E-state index contributed by atoms with van der Waals surface area (Å²) in [6, 6.07) is 0. The quantitative estimate of drug-likeness (QED) is 0.758. The Hall–Kier alpha value is -3.07. The molecule has 4 heterocycles. The smallest absolute Gasteiger partial charge is 0.261 e. The van der Waals surface area contributed by atoms with Crippen LogP contribution in [0.15, 0.2) is 29.4 Å². The van der Waals surface area contributed by atoms with E-state index in [1.807, 2.05) is 0 Å². The Morgan fingerprint density at radius 1 is 1.19 bits per heavy atom. The molecule has 0 bridgehead atoms. The van der Waals surface area contributed by atoms with E-state index in [0.29, 0.717) is 28.7 Å². The van der Waals surface area contributed by atoms with Crippen LogP contribution in [0.5, 0.6) is 5.88 Å². The molecule has 1 saturated heterocycles. The summed E-state index contributed by atoms with van der Waals surface area (Å²) in [4.78, 5) is 25.5. The molecule has 0 unspecified atom stereocenters. The zero-order valence-corrected chi connectivity index (χ0v) is 14.1. The highest BCUT2D eigenvalue weighted by atomic mass is 16.5. The third kappa shape index (κ3) is 3.08. The highest BCUT2D eigenvalue weighted by Gasteiger charge is 2.22. The van der Waals surface area contributed by atoms with E-state index >= 15 is 0 Å². The van der Waals surface area contributed by atoms with E-state index in [-0.39, 0.29) is 5.91 Å². The second kappa shape index (κ2) is 7.04. The Bertz CT molecular complexity index is 922. The van der Waals surface area contributed by atoms with Crippen LogP contribution in [0.2, 0.25) is 0 Å². The molecule has 134 valence electrons. The van der Waals surface area contributed by atoms with Crippen molar-refractivity contribution < 1.29 is 18.8 Å². The van der Waals surface area contributed by atoms with Crippen molar-refractivity contribution in [1.82, 2.24) is 20.1 Å². The van der Waals surface area contributed by atoms with Gasteiger partial charge in [-0.1, -0.05) is 5.16 Å². The highest BCUT2D eigenvalue weighted by molar-refractivity contribution is 6.03. The first kappa shape index (κ1) is 16.4. The van der Waals surface area contributed by atoms with Gasteiger partial charge in [0, 0.05) is 25.0 Å². The number of ether oxygens (including phenoxy) is 2. The zero-order chi connectivity index (χ0) is 17.9. The van der Waals surface area contributed by atoms with Gasteiger partial charge >= 0.3 is 0 Å². The SMILES string of the molecule is COc1ncc(C2CCOCC2)c2ncc(NC(=O)c3cnoc3)nc12.